The number of H-pyrrole nitrogens is 1. The van der Waals surface area contributed by atoms with Crippen LogP contribution in [0.2, 0.25) is 0 Å². The maximum Gasteiger partial charge on any atom is 0.178 e. The molecule has 0 unspecified atom stereocenters. The molecule has 1 aliphatic heterocycles. The van der Waals surface area contributed by atoms with Crippen molar-refractivity contribution in [2.75, 3.05) is 13.1 Å². The number of carbonyl (C=O) groups excluding carboxylic acids is 1. The van der Waals surface area contributed by atoms with E-state index in [1.165, 1.54) is 5.69 Å². The molecule has 2 aromatic heterocycles. The first-order chi connectivity index (χ1) is 11.2. The lowest BCUT2D eigenvalue weighted by Crippen LogP contribution is -2.30. The molecule has 0 saturated carbocycles. The first-order valence-electron chi connectivity index (χ1n) is 8.18. The minimum absolute atomic E-state index is 0.198. The SMILES string of the molecule is Cn1cccc1[C@@H]1CCCN1CC(=O)c1c[nH]c2ccccc12. The standard InChI is InChI=1S/C19H21N3O/c1-21-10-4-8-17(21)18-9-5-11-22(18)13-19(23)15-12-20-16-7-3-2-6-14(15)16/h2-4,6-8,10,12,18,20H,5,9,11,13H2,1H3/t18-/m0/s1. The quantitative estimate of drug-likeness (QED) is 0.749. The zero-order chi connectivity index (χ0) is 15.8. The van der Waals surface area contributed by atoms with Gasteiger partial charge in [0.2, 0.25) is 0 Å². The van der Waals surface area contributed by atoms with E-state index in [2.05, 4.69) is 39.8 Å². The number of Topliss-reactive ketones (excluding diaryl/α,β-unsaturated/α-hetero) is 1. The van der Waals surface area contributed by atoms with E-state index >= 15 is 0 Å². The second kappa shape index (κ2) is 5.70. The van der Waals surface area contributed by atoms with Gasteiger partial charge in [-0.1, -0.05) is 18.2 Å². The highest BCUT2D eigenvalue weighted by molar-refractivity contribution is 6.08. The van der Waals surface area contributed by atoms with Gasteiger partial charge in [-0.15, -0.1) is 0 Å². The number of ketones is 1. The summed E-state index contributed by atoms with van der Waals surface area (Å²) >= 11 is 0. The third-order valence-corrected chi connectivity index (χ3v) is 4.93. The Bertz CT molecular complexity index is 845. The Morgan fingerprint density at radius 2 is 2.13 bits per heavy atom. The molecule has 3 aromatic rings. The molecule has 1 atom stereocenters. The number of para-hydroxylation sites is 1. The van der Waals surface area contributed by atoms with E-state index in [4.69, 9.17) is 0 Å². The van der Waals surface area contributed by atoms with Gasteiger partial charge in [0.15, 0.2) is 5.78 Å². The number of carbonyl (C=O) groups is 1. The van der Waals surface area contributed by atoms with E-state index in [-0.39, 0.29) is 5.78 Å². The van der Waals surface area contributed by atoms with E-state index < -0.39 is 0 Å². The Kier molecular flexibility index (Phi) is 3.54. The number of rotatable bonds is 4. The third-order valence-electron chi connectivity index (χ3n) is 4.93. The van der Waals surface area contributed by atoms with Crippen LogP contribution in [0.1, 0.15) is 34.9 Å². The number of likely N-dealkylation sites (tertiary alicyclic amines) is 1. The van der Waals surface area contributed by atoms with Crippen LogP contribution in [0.4, 0.5) is 0 Å². The van der Waals surface area contributed by atoms with Crippen LogP contribution in [0.25, 0.3) is 10.9 Å². The Balaban J connectivity index is 1.57. The summed E-state index contributed by atoms with van der Waals surface area (Å²) in [4.78, 5) is 18.3. The Hall–Kier alpha value is -2.33. The topological polar surface area (TPSA) is 41.0 Å². The fraction of sp³-hybridized carbons (Fsp3) is 0.316. The number of hydrogen-bond acceptors (Lipinski definition) is 2. The molecule has 1 aliphatic rings. The van der Waals surface area contributed by atoms with Crippen molar-refractivity contribution in [3.05, 3.63) is 60.0 Å². The van der Waals surface area contributed by atoms with Gasteiger partial charge in [0.05, 0.1) is 12.6 Å². The van der Waals surface area contributed by atoms with E-state index in [9.17, 15) is 4.79 Å². The number of aromatic amines is 1. The molecule has 0 aliphatic carbocycles. The van der Waals surface area contributed by atoms with Crippen molar-refractivity contribution in [2.24, 2.45) is 7.05 Å². The van der Waals surface area contributed by atoms with Crippen molar-refractivity contribution in [3.63, 3.8) is 0 Å². The Labute approximate surface area is 135 Å². The highest BCUT2D eigenvalue weighted by Crippen LogP contribution is 2.32. The summed E-state index contributed by atoms with van der Waals surface area (Å²) in [5.41, 5.74) is 3.13. The number of benzene rings is 1. The minimum atomic E-state index is 0.198. The zero-order valence-corrected chi connectivity index (χ0v) is 13.3. The summed E-state index contributed by atoms with van der Waals surface area (Å²) in [6, 6.07) is 12.6. The predicted molar refractivity (Wildman–Crippen MR) is 91.6 cm³/mol. The summed E-state index contributed by atoms with van der Waals surface area (Å²) in [6.45, 7) is 1.47. The molecule has 1 saturated heterocycles. The largest absolute Gasteiger partial charge is 0.360 e. The Morgan fingerprint density at radius 3 is 2.96 bits per heavy atom. The van der Waals surface area contributed by atoms with Crippen LogP contribution in [0.15, 0.2) is 48.8 Å². The van der Waals surface area contributed by atoms with Crippen molar-refractivity contribution in [1.29, 1.82) is 0 Å². The molecule has 23 heavy (non-hydrogen) atoms. The lowest BCUT2D eigenvalue weighted by atomic mass is 10.1. The zero-order valence-electron chi connectivity index (χ0n) is 13.3. The van der Waals surface area contributed by atoms with Crippen molar-refractivity contribution >= 4 is 16.7 Å². The van der Waals surface area contributed by atoms with Crippen LogP contribution >= 0.6 is 0 Å². The van der Waals surface area contributed by atoms with Crippen LogP contribution in [-0.2, 0) is 7.05 Å². The smallest absolute Gasteiger partial charge is 0.178 e. The first-order valence-corrected chi connectivity index (χ1v) is 8.18. The van der Waals surface area contributed by atoms with Crippen LogP contribution < -0.4 is 0 Å². The van der Waals surface area contributed by atoms with Crippen molar-refractivity contribution in [3.8, 4) is 0 Å². The van der Waals surface area contributed by atoms with Gasteiger partial charge in [-0.25, -0.2) is 0 Å². The Morgan fingerprint density at radius 1 is 1.26 bits per heavy atom. The molecular weight excluding hydrogens is 286 g/mol. The minimum Gasteiger partial charge on any atom is -0.360 e. The van der Waals surface area contributed by atoms with Crippen molar-refractivity contribution in [2.45, 2.75) is 18.9 Å². The highest BCUT2D eigenvalue weighted by Gasteiger charge is 2.29. The lowest BCUT2D eigenvalue weighted by molar-refractivity contribution is 0.0921. The number of hydrogen-bond donors (Lipinski definition) is 1. The molecule has 1 N–H and O–H groups in total. The van der Waals surface area contributed by atoms with Gasteiger partial charge in [0.25, 0.3) is 0 Å². The molecule has 3 heterocycles. The second-order valence-corrected chi connectivity index (χ2v) is 6.34. The molecule has 1 fully saturated rings. The number of fused-ring (bicyclic) bond motifs is 1. The van der Waals surface area contributed by atoms with E-state index in [0.29, 0.717) is 12.6 Å². The van der Waals surface area contributed by atoms with Crippen molar-refractivity contribution < 1.29 is 4.79 Å². The number of nitrogens with zero attached hydrogens (tertiary/aromatic N) is 2. The summed E-state index contributed by atoms with van der Waals surface area (Å²) in [6.07, 6.45) is 6.20. The third kappa shape index (κ3) is 2.49. The van der Waals surface area contributed by atoms with Gasteiger partial charge in [-0.05, 0) is 37.6 Å². The average Bonchev–Trinajstić information content (AvgIpc) is 3.26. The normalized spacial score (nSPS) is 18.7. The van der Waals surface area contributed by atoms with E-state index in [1.807, 2.05) is 30.5 Å². The predicted octanol–water partition coefficient (Wildman–Crippen LogP) is 3.53. The molecule has 0 amide bonds. The van der Waals surface area contributed by atoms with Crippen molar-refractivity contribution in [1.82, 2.24) is 14.5 Å². The first kappa shape index (κ1) is 14.3. The fourth-order valence-electron chi connectivity index (χ4n) is 3.74. The molecule has 1 aromatic carbocycles. The van der Waals surface area contributed by atoms with Crippen LogP contribution in [0, 0.1) is 0 Å². The number of aryl methyl sites for hydroxylation is 1. The van der Waals surface area contributed by atoms with Crippen LogP contribution in [0.5, 0.6) is 0 Å². The number of aromatic nitrogens is 2. The maximum atomic E-state index is 12.8. The molecule has 118 valence electrons. The molecule has 4 heteroatoms. The lowest BCUT2D eigenvalue weighted by Gasteiger charge is -2.24. The summed E-state index contributed by atoms with van der Waals surface area (Å²) in [5, 5.41) is 1.02. The molecule has 0 bridgehead atoms. The van der Waals surface area contributed by atoms with Crippen LogP contribution in [-0.4, -0.2) is 33.3 Å². The van der Waals surface area contributed by atoms with Crippen LogP contribution in [0.3, 0.4) is 0 Å². The maximum absolute atomic E-state index is 12.8. The van der Waals surface area contributed by atoms with Gasteiger partial charge < -0.3 is 9.55 Å². The molecule has 0 spiro atoms. The summed E-state index contributed by atoms with van der Waals surface area (Å²) in [5.74, 6) is 0.198. The van der Waals surface area contributed by atoms with E-state index in [0.717, 1.165) is 35.9 Å². The molecule has 4 nitrogen and oxygen atoms in total. The molecule has 0 radical (unpaired) electrons. The van der Waals surface area contributed by atoms with Gasteiger partial charge in [0, 0.05) is 41.6 Å². The molecular formula is C19H21N3O. The fourth-order valence-corrected chi connectivity index (χ4v) is 3.74. The monoisotopic (exact) mass is 307 g/mol. The highest BCUT2D eigenvalue weighted by atomic mass is 16.1. The van der Waals surface area contributed by atoms with Gasteiger partial charge in [-0.2, -0.15) is 0 Å². The second-order valence-electron chi connectivity index (χ2n) is 6.34. The summed E-state index contributed by atoms with van der Waals surface area (Å²) < 4.78 is 2.17. The van der Waals surface area contributed by atoms with Gasteiger partial charge in [0.1, 0.15) is 0 Å². The number of nitrogens with one attached hydrogen (secondary N) is 1. The average molecular weight is 307 g/mol. The van der Waals surface area contributed by atoms with E-state index in [1.54, 1.807) is 0 Å². The summed E-state index contributed by atoms with van der Waals surface area (Å²) in [7, 11) is 2.08. The van der Waals surface area contributed by atoms with Gasteiger partial charge in [-0.3, -0.25) is 9.69 Å². The van der Waals surface area contributed by atoms with Gasteiger partial charge >= 0.3 is 0 Å². The molecule has 4 rings (SSSR count).